The fraction of sp³-hybridized carbons (Fsp3) is 1.00. The highest BCUT2D eigenvalue weighted by atomic mass is 16.3. The summed E-state index contributed by atoms with van der Waals surface area (Å²) in [5, 5.41) is 16.1. The Labute approximate surface area is 99.0 Å². The fourth-order valence-electron chi connectivity index (χ4n) is 3.33. The number of hydrogen-bond acceptors (Lipinski definition) is 3. The fourth-order valence-corrected chi connectivity index (χ4v) is 3.33. The minimum absolute atomic E-state index is 0.312. The van der Waals surface area contributed by atoms with Crippen LogP contribution in [-0.2, 0) is 0 Å². The minimum Gasteiger partial charge on any atom is -0.396 e. The summed E-state index contributed by atoms with van der Waals surface area (Å²) in [6.45, 7) is 2.50. The Balaban J connectivity index is 1.77. The molecule has 0 spiro atoms. The van der Waals surface area contributed by atoms with Crippen molar-refractivity contribution in [3.8, 4) is 0 Å². The molecule has 0 bridgehead atoms. The first kappa shape index (κ1) is 12.3. The molecular weight excluding hydrogens is 200 g/mol. The molecule has 3 nitrogen and oxygen atoms in total. The van der Waals surface area contributed by atoms with Crippen molar-refractivity contribution in [2.75, 3.05) is 19.7 Å². The van der Waals surface area contributed by atoms with Gasteiger partial charge in [-0.25, -0.2) is 0 Å². The Kier molecular flexibility index (Phi) is 5.07. The second kappa shape index (κ2) is 6.58. The smallest absolute Gasteiger partial charge is 0.0443 e. The van der Waals surface area contributed by atoms with Crippen LogP contribution in [-0.4, -0.2) is 36.9 Å². The van der Waals surface area contributed by atoms with Crippen LogP contribution in [0.4, 0.5) is 0 Å². The number of rotatable bonds is 5. The molecule has 1 saturated heterocycles. The summed E-state index contributed by atoms with van der Waals surface area (Å²) in [6, 6.07) is 1.45. The van der Waals surface area contributed by atoms with Gasteiger partial charge in [0.2, 0.25) is 0 Å². The maximum absolute atomic E-state index is 8.80. The van der Waals surface area contributed by atoms with E-state index in [4.69, 9.17) is 5.11 Å². The zero-order chi connectivity index (χ0) is 11.2. The number of aliphatic hydroxyl groups excluding tert-OH is 1. The Bertz CT molecular complexity index is 192. The highest BCUT2D eigenvalue weighted by molar-refractivity contribution is 4.92. The van der Waals surface area contributed by atoms with Gasteiger partial charge in [0.15, 0.2) is 0 Å². The first-order valence-electron chi connectivity index (χ1n) is 6.99. The van der Waals surface area contributed by atoms with Gasteiger partial charge in [-0.05, 0) is 51.1 Å². The van der Waals surface area contributed by atoms with E-state index in [1.165, 1.54) is 45.1 Å². The quantitative estimate of drug-likeness (QED) is 0.619. The van der Waals surface area contributed by atoms with Crippen LogP contribution in [0.3, 0.4) is 0 Å². The molecular formula is C13H26N2O. The molecule has 0 aromatic carbocycles. The van der Waals surface area contributed by atoms with Crippen molar-refractivity contribution in [2.45, 2.75) is 57.0 Å². The lowest BCUT2D eigenvalue weighted by atomic mass is 9.88. The molecule has 3 N–H and O–H groups in total. The topological polar surface area (TPSA) is 44.3 Å². The van der Waals surface area contributed by atoms with Crippen molar-refractivity contribution in [1.82, 2.24) is 10.6 Å². The summed E-state index contributed by atoms with van der Waals surface area (Å²) in [7, 11) is 0. The van der Waals surface area contributed by atoms with Gasteiger partial charge in [-0.2, -0.15) is 0 Å². The summed E-state index contributed by atoms with van der Waals surface area (Å²) in [4.78, 5) is 0. The second-order valence-electron chi connectivity index (χ2n) is 5.29. The third-order valence-corrected chi connectivity index (χ3v) is 4.18. The molecule has 0 radical (unpaired) electrons. The van der Waals surface area contributed by atoms with E-state index in [9.17, 15) is 0 Å². The van der Waals surface area contributed by atoms with Crippen molar-refractivity contribution in [3.63, 3.8) is 0 Å². The molecule has 3 unspecified atom stereocenters. The standard InChI is InChI=1S/C13H26N2O/c16-10-4-9-15-13-7-3-5-11(13)12-6-1-2-8-14-12/h11-16H,1-10H2. The summed E-state index contributed by atoms with van der Waals surface area (Å²) < 4.78 is 0. The monoisotopic (exact) mass is 226 g/mol. The van der Waals surface area contributed by atoms with Crippen LogP contribution in [0.1, 0.15) is 44.9 Å². The van der Waals surface area contributed by atoms with Crippen LogP contribution >= 0.6 is 0 Å². The normalized spacial score (nSPS) is 35.4. The second-order valence-corrected chi connectivity index (χ2v) is 5.29. The molecule has 1 aliphatic heterocycles. The molecule has 2 aliphatic rings. The molecule has 94 valence electrons. The van der Waals surface area contributed by atoms with Crippen LogP contribution in [0.25, 0.3) is 0 Å². The zero-order valence-corrected chi connectivity index (χ0v) is 10.3. The van der Waals surface area contributed by atoms with Crippen molar-refractivity contribution >= 4 is 0 Å². The Morgan fingerprint density at radius 3 is 2.81 bits per heavy atom. The van der Waals surface area contributed by atoms with Gasteiger partial charge in [0.05, 0.1) is 0 Å². The highest BCUT2D eigenvalue weighted by Gasteiger charge is 2.33. The van der Waals surface area contributed by atoms with Crippen molar-refractivity contribution in [2.24, 2.45) is 5.92 Å². The maximum Gasteiger partial charge on any atom is 0.0443 e. The van der Waals surface area contributed by atoms with Crippen LogP contribution in [0.2, 0.25) is 0 Å². The zero-order valence-electron chi connectivity index (χ0n) is 10.3. The van der Waals surface area contributed by atoms with Gasteiger partial charge in [0, 0.05) is 18.7 Å². The first-order chi connectivity index (χ1) is 7.92. The van der Waals surface area contributed by atoms with E-state index in [1.807, 2.05) is 0 Å². The summed E-state index contributed by atoms with van der Waals surface area (Å²) in [6.07, 6.45) is 9.09. The summed E-state index contributed by atoms with van der Waals surface area (Å²) >= 11 is 0. The van der Waals surface area contributed by atoms with Crippen LogP contribution < -0.4 is 10.6 Å². The van der Waals surface area contributed by atoms with E-state index in [2.05, 4.69) is 10.6 Å². The lowest BCUT2D eigenvalue weighted by molar-refractivity contribution is 0.246. The molecule has 3 atom stereocenters. The Morgan fingerprint density at radius 1 is 1.12 bits per heavy atom. The van der Waals surface area contributed by atoms with Gasteiger partial charge in [-0.1, -0.05) is 12.8 Å². The number of nitrogens with one attached hydrogen (secondary N) is 2. The lowest BCUT2D eigenvalue weighted by Gasteiger charge is -2.33. The first-order valence-corrected chi connectivity index (χ1v) is 6.99. The molecule has 0 amide bonds. The van der Waals surface area contributed by atoms with E-state index >= 15 is 0 Å². The van der Waals surface area contributed by atoms with Gasteiger partial charge in [-0.15, -0.1) is 0 Å². The molecule has 2 rings (SSSR count). The number of piperidine rings is 1. The van der Waals surface area contributed by atoms with E-state index in [0.29, 0.717) is 12.6 Å². The third kappa shape index (κ3) is 3.19. The summed E-state index contributed by atoms with van der Waals surface area (Å²) in [5.41, 5.74) is 0. The van der Waals surface area contributed by atoms with Gasteiger partial charge < -0.3 is 15.7 Å². The Morgan fingerprint density at radius 2 is 2.06 bits per heavy atom. The van der Waals surface area contributed by atoms with E-state index in [-0.39, 0.29) is 0 Å². The third-order valence-electron chi connectivity index (χ3n) is 4.18. The predicted octanol–water partition coefficient (Wildman–Crippen LogP) is 1.27. The van der Waals surface area contributed by atoms with Crippen LogP contribution in [0.5, 0.6) is 0 Å². The number of aliphatic hydroxyl groups is 1. The molecule has 3 heteroatoms. The molecule has 16 heavy (non-hydrogen) atoms. The van der Waals surface area contributed by atoms with Gasteiger partial charge in [-0.3, -0.25) is 0 Å². The predicted molar refractivity (Wildman–Crippen MR) is 66.5 cm³/mol. The van der Waals surface area contributed by atoms with Gasteiger partial charge in [0.25, 0.3) is 0 Å². The number of hydrogen-bond donors (Lipinski definition) is 3. The molecule has 0 aromatic rings. The highest BCUT2D eigenvalue weighted by Crippen LogP contribution is 2.31. The van der Waals surface area contributed by atoms with Gasteiger partial charge in [0.1, 0.15) is 0 Å². The molecule has 1 heterocycles. The van der Waals surface area contributed by atoms with E-state index < -0.39 is 0 Å². The Hall–Kier alpha value is -0.120. The molecule has 1 aliphatic carbocycles. The van der Waals surface area contributed by atoms with Crippen LogP contribution in [0.15, 0.2) is 0 Å². The molecule has 1 saturated carbocycles. The lowest BCUT2D eigenvalue weighted by Crippen LogP contribution is -2.47. The minimum atomic E-state index is 0.312. The van der Waals surface area contributed by atoms with Crippen molar-refractivity contribution in [1.29, 1.82) is 0 Å². The van der Waals surface area contributed by atoms with Crippen molar-refractivity contribution in [3.05, 3.63) is 0 Å². The SMILES string of the molecule is OCCCNC1CCCC1C1CCCCN1. The van der Waals surface area contributed by atoms with Crippen LogP contribution in [0, 0.1) is 5.92 Å². The summed E-state index contributed by atoms with van der Waals surface area (Å²) in [5.74, 6) is 0.832. The van der Waals surface area contributed by atoms with E-state index in [0.717, 1.165) is 24.9 Å². The van der Waals surface area contributed by atoms with Gasteiger partial charge >= 0.3 is 0 Å². The maximum atomic E-state index is 8.80. The molecule has 0 aromatic heterocycles. The average molecular weight is 226 g/mol. The van der Waals surface area contributed by atoms with E-state index in [1.54, 1.807) is 0 Å². The van der Waals surface area contributed by atoms with Crippen molar-refractivity contribution < 1.29 is 5.11 Å². The average Bonchev–Trinajstić information content (AvgIpc) is 2.79. The molecule has 2 fully saturated rings. The largest absolute Gasteiger partial charge is 0.396 e.